The van der Waals surface area contributed by atoms with Crippen LogP contribution in [-0.4, -0.2) is 26.3 Å². The molecular weight excluding hydrogens is 254 g/mol. The van der Waals surface area contributed by atoms with Gasteiger partial charge in [-0.05, 0) is 18.2 Å². The van der Waals surface area contributed by atoms with Crippen molar-refractivity contribution in [3.05, 3.63) is 58.9 Å². The van der Waals surface area contributed by atoms with Crippen molar-refractivity contribution in [2.24, 2.45) is 0 Å². The Hall–Kier alpha value is -2.47. The molecular formula is C14H15N5O. The SMILES string of the molecule is O=c1[nH]c(CNCCn2cccn2)nc2ccccc12. The minimum Gasteiger partial charge on any atom is -0.309 e. The summed E-state index contributed by atoms with van der Waals surface area (Å²) in [5.41, 5.74) is 0.625. The average molecular weight is 269 g/mol. The Morgan fingerprint density at radius 1 is 1.25 bits per heavy atom. The van der Waals surface area contributed by atoms with Gasteiger partial charge in [-0.3, -0.25) is 9.48 Å². The van der Waals surface area contributed by atoms with Crippen LogP contribution in [0.3, 0.4) is 0 Å². The molecule has 0 radical (unpaired) electrons. The summed E-state index contributed by atoms with van der Waals surface area (Å²) in [5, 5.41) is 7.98. The molecule has 0 saturated heterocycles. The molecule has 0 bridgehead atoms. The minimum absolute atomic E-state index is 0.0977. The Bertz CT molecular complexity index is 748. The summed E-state index contributed by atoms with van der Waals surface area (Å²) < 4.78 is 1.85. The molecule has 20 heavy (non-hydrogen) atoms. The first-order valence-electron chi connectivity index (χ1n) is 6.49. The van der Waals surface area contributed by atoms with Crippen LogP contribution in [0.25, 0.3) is 10.9 Å². The second kappa shape index (κ2) is 5.66. The average Bonchev–Trinajstić information content (AvgIpc) is 2.97. The molecule has 0 unspecified atom stereocenters. The number of aromatic nitrogens is 4. The summed E-state index contributed by atoms with van der Waals surface area (Å²) in [6, 6.07) is 9.22. The van der Waals surface area contributed by atoms with Gasteiger partial charge in [0.05, 0.1) is 24.0 Å². The number of rotatable bonds is 5. The second-order valence-corrected chi connectivity index (χ2v) is 4.48. The van der Waals surface area contributed by atoms with E-state index in [0.29, 0.717) is 17.8 Å². The van der Waals surface area contributed by atoms with E-state index in [1.165, 1.54) is 0 Å². The summed E-state index contributed by atoms with van der Waals surface area (Å²) in [5.74, 6) is 0.647. The summed E-state index contributed by atoms with van der Waals surface area (Å²) in [6.07, 6.45) is 3.67. The lowest BCUT2D eigenvalue weighted by molar-refractivity contribution is 0.547. The first kappa shape index (κ1) is 12.6. The topological polar surface area (TPSA) is 75.6 Å². The van der Waals surface area contributed by atoms with Crippen molar-refractivity contribution < 1.29 is 0 Å². The first-order chi connectivity index (χ1) is 9.83. The molecule has 0 saturated carbocycles. The van der Waals surface area contributed by atoms with Crippen LogP contribution in [0.5, 0.6) is 0 Å². The van der Waals surface area contributed by atoms with Gasteiger partial charge in [-0.15, -0.1) is 0 Å². The third-order valence-corrected chi connectivity index (χ3v) is 3.03. The largest absolute Gasteiger partial charge is 0.309 e. The van der Waals surface area contributed by atoms with E-state index in [1.54, 1.807) is 12.3 Å². The van der Waals surface area contributed by atoms with Crippen LogP contribution in [-0.2, 0) is 13.1 Å². The zero-order valence-corrected chi connectivity index (χ0v) is 10.9. The molecule has 0 aliphatic rings. The highest BCUT2D eigenvalue weighted by atomic mass is 16.1. The number of H-pyrrole nitrogens is 1. The number of hydrogen-bond donors (Lipinski definition) is 2. The van der Waals surface area contributed by atoms with Crippen LogP contribution in [0, 0.1) is 0 Å². The normalized spacial score (nSPS) is 11.0. The van der Waals surface area contributed by atoms with E-state index < -0.39 is 0 Å². The number of para-hydroxylation sites is 1. The van der Waals surface area contributed by atoms with Gasteiger partial charge in [0.1, 0.15) is 5.82 Å². The molecule has 0 aliphatic carbocycles. The fourth-order valence-electron chi connectivity index (χ4n) is 2.05. The van der Waals surface area contributed by atoms with E-state index in [9.17, 15) is 4.79 Å². The molecule has 2 N–H and O–H groups in total. The second-order valence-electron chi connectivity index (χ2n) is 4.48. The minimum atomic E-state index is -0.0977. The molecule has 6 heteroatoms. The molecule has 3 rings (SSSR count). The van der Waals surface area contributed by atoms with Gasteiger partial charge >= 0.3 is 0 Å². The van der Waals surface area contributed by atoms with E-state index >= 15 is 0 Å². The van der Waals surface area contributed by atoms with Gasteiger partial charge in [0.25, 0.3) is 5.56 Å². The van der Waals surface area contributed by atoms with Crippen LogP contribution in [0.4, 0.5) is 0 Å². The zero-order chi connectivity index (χ0) is 13.8. The molecule has 2 heterocycles. The Kier molecular flexibility index (Phi) is 3.56. The van der Waals surface area contributed by atoms with Gasteiger partial charge in [-0.25, -0.2) is 4.98 Å². The molecule has 0 aliphatic heterocycles. The maximum atomic E-state index is 11.9. The van der Waals surface area contributed by atoms with Gasteiger partial charge in [0, 0.05) is 18.9 Å². The summed E-state index contributed by atoms with van der Waals surface area (Å²) >= 11 is 0. The van der Waals surface area contributed by atoms with E-state index in [1.807, 2.05) is 35.1 Å². The predicted molar refractivity (Wildman–Crippen MR) is 76.3 cm³/mol. The van der Waals surface area contributed by atoms with Gasteiger partial charge < -0.3 is 10.3 Å². The third-order valence-electron chi connectivity index (χ3n) is 3.03. The maximum Gasteiger partial charge on any atom is 0.258 e. The number of nitrogens with zero attached hydrogens (tertiary/aromatic N) is 3. The van der Waals surface area contributed by atoms with Crippen LogP contribution >= 0.6 is 0 Å². The van der Waals surface area contributed by atoms with Crippen molar-refractivity contribution in [3.8, 4) is 0 Å². The van der Waals surface area contributed by atoms with Crippen molar-refractivity contribution in [3.63, 3.8) is 0 Å². The monoisotopic (exact) mass is 269 g/mol. The standard InChI is InChI=1S/C14H15N5O/c20-14-11-4-1-2-5-12(11)17-13(18-14)10-15-7-9-19-8-3-6-16-19/h1-6,8,15H,7,9-10H2,(H,17,18,20). The van der Waals surface area contributed by atoms with Crippen LogP contribution in [0.15, 0.2) is 47.5 Å². The Morgan fingerprint density at radius 3 is 3.00 bits per heavy atom. The predicted octanol–water partition coefficient (Wildman–Crippen LogP) is 0.909. The highest BCUT2D eigenvalue weighted by Crippen LogP contribution is 2.05. The lowest BCUT2D eigenvalue weighted by Gasteiger charge is -2.05. The number of aromatic amines is 1. The van der Waals surface area contributed by atoms with Gasteiger partial charge in [-0.1, -0.05) is 12.1 Å². The van der Waals surface area contributed by atoms with Crippen molar-refractivity contribution in [1.29, 1.82) is 0 Å². The third kappa shape index (κ3) is 2.75. The van der Waals surface area contributed by atoms with E-state index in [2.05, 4.69) is 20.4 Å². The summed E-state index contributed by atoms with van der Waals surface area (Å²) in [4.78, 5) is 19.1. The first-order valence-corrected chi connectivity index (χ1v) is 6.49. The van der Waals surface area contributed by atoms with E-state index in [4.69, 9.17) is 0 Å². The van der Waals surface area contributed by atoms with Crippen LogP contribution in [0.1, 0.15) is 5.82 Å². The highest BCUT2D eigenvalue weighted by Gasteiger charge is 2.02. The molecule has 0 spiro atoms. The molecule has 6 nitrogen and oxygen atoms in total. The molecule has 0 amide bonds. The Balaban J connectivity index is 1.64. The summed E-state index contributed by atoms with van der Waals surface area (Å²) in [6.45, 7) is 2.07. The van der Waals surface area contributed by atoms with Crippen molar-refractivity contribution in [1.82, 2.24) is 25.1 Å². The molecule has 0 fully saturated rings. The molecule has 2 aromatic heterocycles. The van der Waals surface area contributed by atoms with Crippen LogP contribution < -0.4 is 10.9 Å². The molecule has 0 atom stereocenters. The molecule has 3 aromatic rings. The lowest BCUT2D eigenvalue weighted by Crippen LogP contribution is -2.23. The van der Waals surface area contributed by atoms with Crippen molar-refractivity contribution in [2.45, 2.75) is 13.1 Å². The molecule has 102 valence electrons. The van der Waals surface area contributed by atoms with Gasteiger partial charge in [0.15, 0.2) is 0 Å². The van der Waals surface area contributed by atoms with E-state index in [0.717, 1.165) is 18.6 Å². The van der Waals surface area contributed by atoms with Crippen molar-refractivity contribution in [2.75, 3.05) is 6.54 Å². The lowest BCUT2D eigenvalue weighted by atomic mass is 10.2. The summed E-state index contributed by atoms with van der Waals surface area (Å²) in [7, 11) is 0. The fraction of sp³-hybridized carbons (Fsp3) is 0.214. The van der Waals surface area contributed by atoms with Gasteiger partial charge in [-0.2, -0.15) is 5.10 Å². The zero-order valence-electron chi connectivity index (χ0n) is 10.9. The number of hydrogen-bond acceptors (Lipinski definition) is 4. The smallest absolute Gasteiger partial charge is 0.258 e. The number of fused-ring (bicyclic) bond motifs is 1. The fourth-order valence-corrected chi connectivity index (χ4v) is 2.05. The molecule has 1 aromatic carbocycles. The number of benzene rings is 1. The highest BCUT2D eigenvalue weighted by molar-refractivity contribution is 5.77. The van der Waals surface area contributed by atoms with Crippen LogP contribution in [0.2, 0.25) is 0 Å². The number of nitrogens with one attached hydrogen (secondary N) is 2. The van der Waals surface area contributed by atoms with Crippen molar-refractivity contribution >= 4 is 10.9 Å². The van der Waals surface area contributed by atoms with Gasteiger partial charge in [0.2, 0.25) is 0 Å². The Labute approximate surface area is 115 Å². The Morgan fingerprint density at radius 2 is 2.15 bits per heavy atom. The van der Waals surface area contributed by atoms with E-state index in [-0.39, 0.29) is 5.56 Å². The quantitative estimate of drug-likeness (QED) is 0.675. The maximum absolute atomic E-state index is 11.9.